The quantitative estimate of drug-likeness (QED) is 0.176. The molecule has 1 saturated heterocycles. The summed E-state index contributed by atoms with van der Waals surface area (Å²) < 4.78 is 36.6. The molecule has 0 aromatic rings. The Bertz CT molecular complexity index is 1800. The van der Waals surface area contributed by atoms with Crippen LogP contribution in [0.2, 0.25) is 0 Å². The SMILES string of the molecule is CCOC(=O)NCC(CN[C@]12CC[C@@H](C3(C)CC3)[C@@H]1[C@H]1CC[C@@H]3[C@@]4(C)CC[C@H](OC(=O)[C@H]5C[C@@H](C(=O)O)C5(C)C)C(C)(C)[C@@H]4CC[C@@]3(C)[C@]1(C)CC2)N1CCS(=O)(=O)CC1. The van der Waals surface area contributed by atoms with E-state index in [1.807, 2.05) is 20.8 Å². The molecule has 13 atom stereocenters. The molecule has 8 fully saturated rings. The van der Waals surface area contributed by atoms with E-state index in [1.54, 1.807) is 0 Å². The molecule has 7 aliphatic carbocycles. The van der Waals surface area contributed by atoms with E-state index < -0.39 is 33.2 Å². The molecule has 1 amide bonds. The largest absolute Gasteiger partial charge is 0.481 e. The molecule has 340 valence electrons. The zero-order valence-electron chi connectivity index (χ0n) is 38.5. The number of ether oxygens (including phenoxy) is 2. The summed E-state index contributed by atoms with van der Waals surface area (Å²) in [7, 11) is -3.04. The first-order valence-electron chi connectivity index (χ1n) is 24.0. The molecule has 8 aliphatic rings. The number of aliphatic carboxylic acids is 1. The van der Waals surface area contributed by atoms with Gasteiger partial charge in [0.25, 0.3) is 0 Å². The zero-order valence-corrected chi connectivity index (χ0v) is 39.3. The second-order valence-electron chi connectivity index (χ2n) is 23.8. The minimum absolute atomic E-state index is 0.0214. The molecule has 1 unspecified atom stereocenters. The van der Waals surface area contributed by atoms with Crippen molar-refractivity contribution in [3.8, 4) is 0 Å². The van der Waals surface area contributed by atoms with Gasteiger partial charge >= 0.3 is 18.0 Å². The van der Waals surface area contributed by atoms with E-state index in [2.05, 4.69) is 57.1 Å². The molecule has 0 aromatic carbocycles. The van der Waals surface area contributed by atoms with Crippen molar-refractivity contribution in [3.63, 3.8) is 0 Å². The fourth-order valence-electron chi connectivity index (χ4n) is 16.5. The number of rotatable bonds is 11. The Morgan fingerprint density at radius 2 is 1.45 bits per heavy atom. The first kappa shape index (κ1) is 44.7. The van der Waals surface area contributed by atoms with Gasteiger partial charge in [-0.3, -0.25) is 14.5 Å². The lowest BCUT2D eigenvalue weighted by Gasteiger charge is -2.73. The van der Waals surface area contributed by atoms with Gasteiger partial charge in [-0.2, -0.15) is 0 Å². The van der Waals surface area contributed by atoms with Crippen LogP contribution in [-0.2, 0) is 28.9 Å². The normalized spacial score (nSPS) is 45.0. The lowest BCUT2D eigenvalue weighted by atomic mass is 9.32. The first-order chi connectivity index (χ1) is 28.0. The van der Waals surface area contributed by atoms with Crippen LogP contribution >= 0.6 is 0 Å². The minimum Gasteiger partial charge on any atom is -0.481 e. The van der Waals surface area contributed by atoms with Gasteiger partial charge in [-0.1, -0.05) is 55.4 Å². The molecule has 3 N–H and O–H groups in total. The van der Waals surface area contributed by atoms with E-state index >= 15 is 0 Å². The molecule has 7 saturated carbocycles. The molecular weight excluding hydrogens is 779 g/mol. The maximum atomic E-state index is 13.7. The van der Waals surface area contributed by atoms with Gasteiger partial charge in [-0.05, 0) is 147 Å². The van der Waals surface area contributed by atoms with Crippen LogP contribution in [0.4, 0.5) is 4.79 Å². The average Bonchev–Trinajstić information content (AvgIpc) is 3.79. The summed E-state index contributed by atoms with van der Waals surface area (Å²) in [5, 5.41) is 17.0. The summed E-state index contributed by atoms with van der Waals surface area (Å²) in [6.45, 7) is 23.3. The van der Waals surface area contributed by atoms with E-state index in [4.69, 9.17) is 9.47 Å². The lowest BCUT2D eigenvalue weighted by Crippen LogP contribution is -2.69. The van der Waals surface area contributed by atoms with E-state index in [1.165, 1.54) is 51.4 Å². The molecule has 0 radical (unpaired) electrons. The smallest absolute Gasteiger partial charge is 0.407 e. The number of sulfone groups is 1. The third-order valence-corrected chi connectivity index (χ3v) is 22.4. The summed E-state index contributed by atoms with van der Waals surface area (Å²) in [6, 6.07) is -0.0214. The number of esters is 1. The molecule has 0 bridgehead atoms. The number of carbonyl (C=O) groups is 3. The van der Waals surface area contributed by atoms with Gasteiger partial charge in [-0.15, -0.1) is 0 Å². The van der Waals surface area contributed by atoms with Crippen LogP contribution < -0.4 is 10.6 Å². The highest BCUT2D eigenvalue weighted by atomic mass is 32.2. The molecule has 11 nitrogen and oxygen atoms in total. The highest BCUT2D eigenvalue weighted by molar-refractivity contribution is 7.91. The van der Waals surface area contributed by atoms with Gasteiger partial charge in [0.2, 0.25) is 0 Å². The Morgan fingerprint density at radius 3 is 2.08 bits per heavy atom. The average molecular weight is 858 g/mol. The molecule has 0 spiro atoms. The summed E-state index contributed by atoms with van der Waals surface area (Å²) in [4.78, 5) is 40.3. The monoisotopic (exact) mass is 858 g/mol. The number of nitrogens with one attached hydrogen (secondary N) is 2. The maximum absolute atomic E-state index is 13.7. The number of alkyl carbamates (subject to hydrolysis) is 1. The Kier molecular flexibility index (Phi) is 11.2. The van der Waals surface area contributed by atoms with Crippen LogP contribution in [0, 0.1) is 73.9 Å². The third-order valence-electron chi connectivity index (χ3n) is 20.8. The Hall–Kier alpha value is -1.92. The van der Waals surface area contributed by atoms with Crippen LogP contribution in [0.1, 0.15) is 146 Å². The van der Waals surface area contributed by atoms with Crippen LogP contribution in [-0.4, -0.2) is 98.4 Å². The van der Waals surface area contributed by atoms with E-state index in [0.29, 0.717) is 74.2 Å². The van der Waals surface area contributed by atoms with E-state index in [0.717, 1.165) is 25.7 Å². The standard InChI is InChI=1S/C48H79N3O8S/c1-10-58-41(55)49-28-30(51-23-25-60(56,57)26-24-51)29-50-48-18-13-31(44(6)19-20-44)38(48)32-11-12-36-45(7)16-15-37(59-40(54)34-27-33(39(52)53)42(34,2)3)43(4,5)35(45)14-17-47(36,9)46(32,8)21-22-48/h30-38,50H,10-29H2,1-9H3,(H,49,55)(H,52,53)/t30?,31-,32-,33+,34-,35+,36-,37+,38-,45+,46-,47-,48+/m1/s1. The number of nitrogens with zero attached hydrogens (tertiary/aromatic N) is 1. The van der Waals surface area contributed by atoms with Crippen molar-refractivity contribution < 1.29 is 37.4 Å². The van der Waals surface area contributed by atoms with Crippen molar-refractivity contribution in [1.82, 2.24) is 15.5 Å². The van der Waals surface area contributed by atoms with E-state index in [-0.39, 0.29) is 62.7 Å². The fraction of sp³-hybridized carbons (Fsp3) is 0.938. The summed E-state index contributed by atoms with van der Waals surface area (Å²) >= 11 is 0. The molecule has 0 aromatic heterocycles. The van der Waals surface area contributed by atoms with Crippen LogP contribution in [0.25, 0.3) is 0 Å². The summed E-state index contributed by atoms with van der Waals surface area (Å²) in [5.74, 6) is 1.35. The highest BCUT2D eigenvalue weighted by Crippen LogP contribution is 2.78. The summed E-state index contributed by atoms with van der Waals surface area (Å²) in [5.41, 5.74) is 0.189. The van der Waals surface area contributed by atoms with Crippen molar-refractivity contribution in [3.05, 3.63) is 0 Å². The number of carbonyl (C=O) groups excluding carboxylic acids is 2. The zero-order chi connectivity index (χ0) is 43.5. The van der Waals surface area contributed by atoms with Crippen molar-refractivity contribution >= 4 is 27.9 Å². The molecule has 1 aliphatic heterocycles. The predicted molar refractivity (Wildman–Crippen MR) is 232 cm³/mol. The minimum atomic E-state index is -3.04. The van der Waals surface area contributed by atoms with Crippen molar-refractivity contribution in [2.45, 2.75) is 163 Å². The molecular formula is C48H79N3O8S. The third kappa shape index (κ3) is 6.98. The van der Waals surface area contributed by atoms with Gasteiger partial charge in [0.15, 0.2) is 9.84 Å². The molecule has 8 rings (SSSR count). The number of carboxylic acids is 1. The number of hydrogen-bond acceptors (Lipinski definition) is 9. The fourth-order valence-corrected chi connectivity index (χ4v) is 17.8. The number of amides is 1. The van der Waals surface area contributed by atoms with Crippen molar-refractivity contribution in [2.75, 3.05) is 44.3 Å². The Balaban J connectivity index is 1.02. The summed E-state index contributed by atoms with van der Waals surface area (Å²) in [6.07, 6.45) is 14.0. The predicted octanol–water partition coefficient (Wildman–Crippen LogP) is 7.71. The van der Waals surface area contributed by atoms with E-state index in [9.17, 15) is 27.9 Å². The highest BCUT2D eigenvalue weighted by Gasteiger charge is 2.72. The molecule has 12 heteroatoms. The lowest BCUT2D eigenvalue weighted by molar-refractivity contribution is -0.249. The molecule has 60 heavy (non-hydrogen) atoms. The number of carboxylic acid groups (broad SMARTS) is 1. The second kappa shape index (κ2) is 15.1. The van der Waals surface area contributed by atoms with Gasteiger partial charge in [-0.25, -0.2) is 13.2 Å². The molecule has 1 heterocycles. The Morgan fingerprint density at radius 1 is 0.750 bits per heavy atom. The number of hydrogen-bond donors (Lipinski definition) is 3. The van der Waals surface area contributed by atoms with Gasteiger partial charge < -0.3 is 25.2 Å². The van der Waals surface area contributed by atoms with Crippen LogP contribution in [0.5, 0.6) is 0 Å². The van der Waals surface area contributed by atoms with Gasteiger partial charge in [0.1, 0.15) is 6.10 Å². The van der Waals surface area contributed by atoms with Gasteiger partial charge in [0, 0.05) is 43.2 Å². The topological polar surface area (TPSA) is 151 Å². The second-order valence-corrected chi connectivity index (χ2v) is 26.1. The van der Waals surface area contributed by atoms with Crippen molar-refractivity contribution in [1.29, 1.82) is 0 Å². The Labute approximate surface area is 361 Å². The number of fused-ring (bicyclic) bond motifs is 7. The first-order valence-corrected chi connectivity index (χ1v) is 25.8. The van der Waals surface area contributed by atoms with Crippen molar-refractivity contribution in [2.24, 2.45) is 73.9 Å². The van der Waals surface area contributed by atoms with Crippen LogP contribution in [0.15, 0.2) is 0 Å². The maximum Gasteiger partial charge on any atom is 0.407 e. The van der Waals surface area contributed by atoms with Crippen LogP contribution in [0.3, 0.4) is 0 Å². The van der Waals surface area contributed by atoms with Gasteiger partial charge in [0.05, 0.1) is 29.9 Å².